The van der Waals surface area contributed by atoms with Crippen LogP contribution in [0.25, 0.3) is 0 Å². The molecule has 13 heavy (non-hydrogen) atoms. The third kappa shape index (κ3) is 9.76. The van der Waals surface area contributed by atoms with Gasteiger partial charge in [-0.2, -0.15) is 0 Å². The lowest BCUT2D eigenvalue weighted by molar-refractivity contribution is -1.05. The van der Waals surface area contributed by atoms with Crippen LogP contribution in [0.1, 0.15) is 39.5 Å². The molecule has 0 rings (SSSR count). The van der Waals surface area contributed by atoms with E-state index in [2.05, 4.69) is 6.92 Å². The maximum absolute atomic E-state index is 11.0. The summed E-state index contributed by atoms with van der Waals surface area (Å²) in [4.78, 5) is 4.94. The first-order chi connectivity index (χ1) is 6.16. The fourth-order valence-electron chi connectivity index (χ4n) is 0.944. The summed E-state index contributed by atoms with van der Waals surface area (Å²) in [5, 5.41) is 19.8. The molecule has 2 atom stereocenters. The van der Waals surface area contributed by atoms with Gasteiger partial charge in [-0.15, -0.1) is 0 Å². The minimum absolute atomic E-state index is 0.144. The van der Waals surface area contributed by atoms with Crippen molar-refractivity contribution in [2.24, 2.45) is 0 Å². The molecule has 4 heteroatoms. The van der Waals surface area contributed by atoms with E-state index in [1.165, 1.54) is 0 Å². The van der Waals surface area contributed by atoms with Crippen LogP contribution in [0.2, 0.25) is 0 Å². The van der Waals surface area contributed by atoms with Crippen molar-refractivity contribution in [1.82, 2.24) is 0 Å². The van der Waals surface area contributed by atoms with Gasteiger partial charge in [-0.3, -0.25) is 0 Å². The van der Waals surface area contributed by atoms with Gasteiger partial charge in [0.2, 0.25) is 0 Å². The summed E-state index contributed by atoms with van der Waals surface area (Å²) in [6, 6.07) is 0. The number of rotatable bonds is 8. The molecule has 2 N–H and O–H groups in total. The van der Waals surface area contributed by atoms with Gasteiger partial charge in [-0.05, 0) is 19.8 Å². The lowest BCUT2D eigenvalue weighted by atomic mass is 10.2. The summed E-state index contributed by atoms with van der Waals surface area (Å²) in [5.41, 5.74) is 0. The number of aliphatic hydroxyl groups is 1. The molecular weight excluding hydrogens is 170 g/mol. The summed E-state index contributed by atoms with van der Waals surface area (Å²) >= 11 is 0. The molecule has 0 aliphatic carbocycles. The molecule has 2 unspecified atom stereocenters. The number of quaternary nitrogens is 1. The minimum atomic E-state index is -0.316. The standard InChI is InChI=1S/C9H21NO3/c1-3-4-8-13-10(12)7-5-6-9(2)11/h9-11H,3-8H2,1-2H3. The Hall–Kier alpha value is -0.160. The average molecular weight is 191 g/mol. The molecule has 80 valence electrons. The van der Waals surface area contributed by atoms with Gasteiger partial charge in [0.1, 0.15) is 13.2 Å². The normalized spacial score (nSPS) is 15.7. The van der Waals surface area contributed by atoms with Crippen LogP contribution < -0.4 is 5.23 Å². The first kappa shape index (κ1) is 12.8. The van der Waals surface area contributed by atoms with Gasteiger partial charge in [0.05, 0.1) is 6.10 Å². The zero-order valence-electron chi connectivity index (χ0n) is 8.58. The third-order valence-electron chi connectivity index (χ3n) is 1.76. The summed E-state index contributed by atoms with van der Waals surface area (Å²) in [7, 11) is 0. The number of hydrogen-bond donors (Lipinski definition) is 2. The van der Waals surface area contributed by atoms with Gasteiger partial charge in [-0.25, -0.2) is 10.1 Å². The largest absolute Gasteiger partial charge is 0.600 e. The van der Waals surface area contributed by atoms with Crippen LogP contribution in [-0.4, -0.2) is 24.4 Å². The van der Waals surface area contributed by atoms with Crippen molar-refractivity contribution >= 4 is 0 Å². The third-order valence-corrected chi connectivity index (χ3v) is 1.76. The van der Waals surface area contributed by atoms with Gasteiger partial charge in [0.15, 0.2) is 0 Å². The maximum atomic E-state index is 11.0. The summed E-state index contributed by atoms with van der Waals surface area (Å²) in [5.74, 6) is 0. The summed E-state index contributed by atoms with van der Waals surface area (Å²) in [6.07, 6.45) is 3.04. The maximum Gasteiger partial charge on any atom is 0.107 e. The second-order valence-electron chi connectivity index (χ2n) is 3.32. The van der Waals surface area contributed by atoms with Crippen LogP contribution in [0.3, 0.4) is 0 Å². The van der Waals surface area contributed by atoms with Crippen LogP contribution in [-0.2, 0) is 4.84 Å². The molecule has 0 aliphatic heterocycles. The molecular formula is C9H21NO3. The lowest BCUT2D eigenvalue weighted by Gasteiger charge is -2.19. The van der Waals surface area contributed by atoms with Crippen molar-refractivity contribution < 1.29 is 15.2 Å². The average Bonchev–Trinajstić information content (AvgIpc) is 2.04. The van der Waals surface area contributed by atoms with E-state index in [0.29, 0.717) is 26.0 Å². The molecule has 0 aromatic carbocycles. The first-order valence-electron chi connectivity index (χ1n) is 5.00. The van der Waals surface area contributed by atoms with Crippen LogP contribution in [0.4, 0.5) is 0 Å². The predicted molar refractivity (Wildman–Crippen MR) is 51.0 cm³/mol. The zero-order chi connectivity index (χ0) is 10.1. The molecule has 0 saturated heterocycles. The monoisotopic (exact) mass is 191 g/mol. The van der Waals surface area contributed by atoms with E-state index in [0.717, 1.165) is 12.8 Å². The van der Waals surface area contributed by atoms with Gasteiger partial charge < -0.3 is 10.3 Å². The zero-order valence-corrected chi connectivity index (χ0v) is 8.58. The molecule has 0 bridgehead atoms. The van der Waals surface area contributed by atoms with E-state index < -0.39 is 0 Å². The van der Waals surface area contributed by atoms with E-state index >= 15 is 0 Å². The minimum Gasteiger partial charge on any atom is -0.600 e. The second kappa shape index (κ2) is 8.44. The molecule has 0 fully saturated rings. The molecule has 0 heterocycles. The number of aliphatic hydroxyl groups excluding tert-OH is 1. The van der Waals surface area contributed by atoms with Gasteiger partial charge in [0, 0.05) is 6.42 Å². The highest BCUT2D eigenvalue weighted by Gasteiger charge is 2.00. The topological polar surface area (TPSA) is 57.0 Å². The Bertz CT molecular complexity index is 109. The first-order valence-corrected chi connectivity index (χ1v) is 5.00. The van der Waals surface area contributed by atoms with Crippen molar-refractivity contribution in [1.29, 1.82) is 0 Å². The molecule has 0 spiro atoms. The van der Waals surface area contributed by atoms with Crippen LogP contribution in [0, 0.1) is 5.21 Å². The summed E-state index contributed by atoms with van der Waals surface area (Å²) in [6.45, 7) is 4.74. The van der Waals surface area contributed by atoms with Crippen LogP contribution >= 0.6 is 0 Å². The Kier molecular flexibility index (Phi) is 8.33. The van der Waals surface area contributed by atoms with Gasteiger partial charge >= 0.3 is 0 Å². The van der Waals surface area contributed by atoms with Crippen LogP contribution in [0.15, 0.2) is 0 Å². The highest BCUT2D eigenvalue weighted by molar-refractivity contribution is 4.44. The Labute approximate surface area is 80.0 Å². The Morgan fingerprint density at radius 2 is 2.15 bits per heavy atom. The molecule has 0 amide bonds. The second-order valence-corrected chi connectivity index (χ2v) is 3.32. The van der Waals surface area contributed by atoms with E-state index in [9.17, 15) is 5.21 Å². The number of unbranched alkanes of at least 4 members (excludes halogenated alkanes) is 1. The SMILES string of the molecule is CCCCO[NH+]([O-])CCCC(C)O. The molecule has 0 radical (unpaired) electrons. The number of nitrogens with one attached hydrogen (secondary N) is 1. The van der Waals surface area contributed by atoms with E-state index in [1.807, 2.05) is 0 Å². The molecule has 0 aromatic rings. The Balaban J connectivity index is 3.15. The smallest absolute Gasteiger partial charge is 0.107 e. The number of hydroxylamine groups is 2. The highest BCUT2D eigenvalue weighted by Crippen LogP contribution is 1.92. The van der Waals surface area contributed by atoms with E-state index in [4.69, 9.17) is 9.94 Å². The molecule has 0 aromatic heterocycles. The molecule has 0 saturated carbocycles. The Morgan fingerprint density at radius 1 is 1.46 bits per heavy atom. The quantitative estimate of drug-likeness (QED) is 0.427. The fourth-order valence-corrected chi connectivity index (χ4v) is 0.944. The fraction of sp³-hybridized carbons (Fsp3) is 1.00. The van der Waals surface area contributed by atoms with E-state index in [-0.39, 0.29) is 11.3 Å². The van der Waals surface area contributed by atoms with Crippen molar-refractivity contribution in [3.8, 4) is 0 Å². The number of hydrogen-bond acceptors (Lipinski definition) is 3. The van der Waals surface area contributed by atoms with Crippen LogP contribution in [0.5, 0.6) is 0 Å². The van der Waals surface area contributed by atoms with Crippen molar-refractivity contribution in [3.63, 3.8) is 0 Å². The Morgan fingerprint density at radius 3 is 2.69 bits per heavy atom. The van der Waals surface area contributed by atoms with Crippen molar-refractivity contribution in [2.45, 2.75) is 45.6 Å². The van der Waals surface area contributed by atoms with Crippen molar-refractivity contribution in [3.05, 3.63) is 5.21 Å². The van der Waals surface area contributed by atoms with E-state index in [1.54, 1.807) is 6.92 Å². The predicted octanol–water partition coefficient (Wildman–Crippen LogP) is 0.262. The highest BCUT2D eigenvalue weighted by atomic mass is 16.9. The van der Waals surface area contributed by atoms with Gasteiger partial charge in [0.25, 0.3) is 0 Å². The van der Waals surface area contributed by atoms with Gasteiger partial charge in [-0.1, -0.05) is 13.3 Å². The van der Waals surface area contributed by atoms with Crippen molar-refractivity contribution in [2.75, 3.05) is 13.2 Å². The molecule has 4 nitrogen and oxygen atoms in total. The molecule has 0 aliphatic rings. The lowest BCUT2D eigenvalue weighted by Crippen LogP contribution is -3.06. The summed E-state index contributed by atoms with van der Waals surface area (Å²) < 4.78 is 0.